The van der Waals surface area contributed by atoms with Crippen molar-refractivity contribution >= 4 is 15.5 Å². The molecule has 0 spiro atoms. The van der Waals surface area contributed by atoms with E-state index in [4.69, 9.17) is 0 Å². The highest BCUT2D eigenvalue weighted by Crippen LogP contribution is 2.21. The van der Waals surface area contributed by atoms with Gasteiger partial charge in [0.2, 0.25) is 15.0 Å². The van der Waals surface area contributed by atoms with Gasteiger partial charge in [0.15, 0.2) is 5.65 Å². The van der Waals surface area contributed by atoms with E-state index < -0.39 is 9.84 Å². The van der Waals surface area contributed by atoms with Crippen LogP contribution in [0.5, 0.6) is 0 Å². The molecule has 0 amide bonds. The molecular weight excluding hydrogens is 302 g/mol. The van der Waals surface area contributed by atoms with E-state index in [1.165, 1.54) is 6.20 Å². The third kappa shape index (κ3) is 2.57. The topological polar surface area (TPSA) is 90.1 Å². The van der Waals surface area contributed by atoms with Gasteiger partial charge in [0.25, 0.3) is 0 Å². The summed E-state index contributed by atoms with van der Waals surface area (Å²) in [6, 6.07) is 1.66. The molecule has 3 rings (SSSR count). The Bertz CT molecular complexity index is 947. The summed E-state index contributed by atoms with van der Waals surface area (Å²) < 4.78 is 25.1. The maximum Gasteiger partial charge on any atom is 0.247 e. The highest BCUT2D eigenvalue weighted by molar-refractivity contribution is 7.90. The first-order chi connectivity index (χ1) is 10.4. The molecule has 3 aromatic heterocycles. The summed E-state index contributed by atoms with van der Waals surface area (Å²) in [4.78, 5) is 16.6. The van der Waals surface area contributed by atoms with E-state index in [-0.39, 0.29) is 11.1 Å². The highest BCUT2D eigenvalue weighted by Gasteiger charge is 2.15. The summed E-state index contributed by atoms with van der Waals surface area (Å²) in [5.74, 6) is 0.275. The molecule has 0 saturated carbocycles. The molecule has 0 radical (unpaired) electrons. The molecule has 0 aliphatic rings. The van der Waals surface area contributed by atoms with Gasteiger partial charge in [-0.05, 0) is 12.0 Å². The van der Waals surface area contributed by atoms with E-state index in [0.29, 0.717) is 17.0 Å². The molecule has 3 aromatic rings. The zero-order valence-electron chi connectivity index (χ0n) is 12.4. The first-order valence-corrected chi connectivity index (χ1v) is 8.62. The average Bonchev–Trinajstić information content (AvgIpc) is 2.89. The van der Waals surface area contributed by atoms with Crippen LogP contribution in [0.25, 0.3) is 17.0 Å². The van der Waals surface area contributed by atoms with Crippen LogP contribution < -0.4 is 0 Å². The van der Waals surface area contributed by atoms with Crippen LogP contribution in [0.3, 0.4) is 0 Å². The van der Waals surface area contributed by atoms with Gasteiger partial charge in [0.05, 0.1) is 29.5 Å². The van der Waals surface area contributed by atoms with Crippen LogP contribution in [0.4, 0.5) is 0 Å². The molecule has 114 valence electrons. The molecule has 0 aliphatic heterocycles. The quantitative estimate of drug-likeness (QED) is 0.683. The van der Waals surface area contributed by atoms with Crippen LogP contribution in [0, 0.1) is 0 Å². The fraction of sp³-hybridized carbons (Fsp3) is 0.286. The van der Waals surface area contributed by atoms with Crippen molar-refractivity contribution in [1.29, 1.82) is 0 Å². The van der Waals surface area contributed by atoms with Crippen molar-refractivity contribution < 1.29 is 8.42 Å². The Morgan fingerprint density at radius 1 is 1.14 bits per heavy atom. The zero-order chi connectivity index (χ0) is 15.9. The smallest absolute Gasteiger partial charge is 0.247 e. The number of aromatic nitrogens is 5. The Morgan fingerprint density at radius 2 is 1.91 bits per heavy atom. The molecule has 0 N–H and O–H groups in total. The molecule has 0 bridgehead atoms. The van der Waals surface area contributed by atoms with Gasteiger partial charge < -0.3 is 0 Å². The van der Waals surface area contributed by atoms with Gasteiger partial charge in [0, 0.05) is 18.6 Å². The molecular formula is C14H15N5O2S. The van der Waals surface area contributed by atoms with E-state index in [1.807, 2.05) is 10.6 Å². The molecule has 22 heavy (non-hydrogen) atoms. The summed E-state index contributed by atoms with van der Waals surface area (Å²) in [5, 5.41) is -0.196. The van der Waals surface area contributed by atoms with E-state index in [9.17, 15) is 8.42 Å². The fourth-order valence-electron chi connectivity index (χ4n) is 2.05. The minimum absolute atomic E-state index is 0.196. The second-order valence-electron chi connectivity index (χ2n) is 5.34. The maximum absolute atomic E-state index is 11.6. The van der Waals surface area contributed by atoms with Crippen LogP contribution in [0.15, 0.2) is 36.0 Å². The lowest BCUT2D eigenvalue weighted by Gasteiger charge is -2.07. The predicted molar refractivity (Wildman–Crippen MR) is 81.2 cm³/mol. The van der Waals surface area contributed by atoms with E-state index >= 15 is 0 Å². The molecule has 8 heteroatoms. The summed E-state index contributed by atoms with van der Waals surface area (Å²) in [6.45, 7) is 4.11. The first-order valence-electron chi connectivity index (χ1n) is 6.73. The van der Waals surface area contributed by atoms with Gasteiger partial charge in [-0.1, -0.05) is 13.8 Å². The van der Waals surface area contributed by atoms with Crippen LogP contribution in [-0.2, 0) is 9.84 Å². The summed E-state index contributed by atoms with van der Waals surface area (Å²) in [6.07, 6.45) is 7.75. The number of sulfone groups is 1. The predicted octanol–water partition coefficient (Wildman–Crippen LogP) is 1.71. The van der Waals surface area contributed by atoms with Crippen molar-refractivity contribution in [2.24, 2.45) is 0 Å². The third-order valence-electron chi connectivity index (χ3n) is 3.24. The average molecular weight is 317 g/mol. The lowest BCUT2D eigenvalue weighted by molar-refractivity contribution is 0.593. The molecule has 0 atom stereocenters. The number of rotatable bonds is 3. The molecule has 0 aliphatic carbocycles. The van der Waals surface area contributed by atoms with Crippen LogP contribution in [-0.4, -0.2) is 39.0 Å². The molecule has 0 fully saturated rings. The summed E-state index contributed by atoms with van der Waals surface area (Å²) >= 11 is 0. The molecule has 7 nitrogen and oxygen atoms in total. The minimum atomic E-state index is -3.46. The second kappa shape index (κ2) is 5.13. The van der Waals surface area contributed by atoms with Crippen LogP contribution in [0.1, 0.15) is 25.5 Å². The third-order valence-corrected chi connectivity index (χ3v) is 4.09. The maximum atomic E-state index is 11.6. The van der Waals surface area contributed by atoms with Gasteiger partial charge >= 0.3 is 0 Å². The normalized spacial score (nSPS) is 12.2. The number of imidazole rings is 1. The van der Waals surface area contributed by atoms with Gasteiger partial charge in [-0.2, -0.15) is 0 Å². The summed E-state index contributed by atoms with van der Waals surface area (Å²) in [5.41, 5.74) is 2.80. The lowest BCUT2D eigenvalue weighted by atomic mass is 10.1. The SMILES string of the molecule is CC(C)c1cn2c(-c3ccnc(S(C)(=O)=O)n3)cnc2cn1. The molecule has 0 aromatic carbocycles. The molecule has 0 unspecified atom stereocenters. The van der Waals surface area contributed by atoms with Crippen molar-refractivity contribution in [2.45, 2.75) is 24.9 Å². The van der Waals surface area contributed by atoms with Crippen molar-refractivity contribution in [2.75, 3.05) is 6.26 Å². The van der Waals surface area contributed by atoms with Crippen molar-refractivity contribution in [3.8, 4) is 11.4 Å². The van der Waals surface area contributed by atoms with Gasteiger partial charge in [-0.15, -0.1) is 0 Å². The van der Waals surface area contributed by atoms with Crippen LogP contribution >= 0.6 is 0 Å². The Kier molecular flexibility index (Phi) is 3.40. The largest absolute Gasteiger partial charge is 0.295 e. The van der Waals surface area contributed by atoms with E-state index in [1.54, 1.807) is 18.5 Å². The van der Waals surface area contributed by atoms with Crippen molar-refractivity contribution in [1.82, 2.24) is 24.3 Å². The molecule has 3 heterocycles. The molecule has 0 saturated heterocycles. The lowest BCUT2D eigenvalue weighted by Crippen LogP contribution is -2.05. The second-order valence-corrected chi connectivity index (χ2v) is 7.24. The number of fused-ring (bicyclic) bond motifs is 1. The minimum Gasteiger partial charge on any atom is -0.295 e. The van der Waals surface area contributed by atoms with Crippen molar-refractivity contribution in [3.05, 3.63) is 36.5 Å². The Labute approximate surface area is 128 Å². The number of hydrogen-bond donors (Lipinski definition) is 0. The Balaban J connectivity index is 2.20. The Morgan fingerprint density at radius 3 is 2.59 bits per heavy atom. The van der Waals surface area contributed by atoms with Crippen LogP contribution in [0.2, 0.25) is 0 Å². The zero-order valence-corrected chi connectivity index (χ0v) is 13.2. The number of nitrogens with zero attached hydrogens (tertiary/aromatic N) is 5. The Hall–Kier alpha value is -2.35. The highest BCUT2D eigenvalue weighted by atomic mass is 32.2. The number of hydrogen-bond acceptors (Lipinski definition) is 6. The van der Waals surface area contributed by atoms with E-state index in [0.717, 1.165) is 11.9 Å². The van der Waals surface area contributed by atoms with Crippen molar-refractivity contribution in [3.63, 3.8) is 0 Å². The fourth-order valence-corrected chi connectivity index (χ4v) is 2.57. The summed E-state index contributed by atoms with van der Waals surface area (Å²) in [7, 11) is -3.46. The first kappa shape index (κ1) is 14.6. The monoisotopic (exact) mass is 317 g/mol. The van der Waals surface area contributed by atoms with Gasteiger partial charge in [-0.25, -0.2) is 23.4 Å². The van der Waals surface area contributed by atoms with Gasteiger partial charge in [-0.3, -0.25) is 9.38 Å². The van der Waals surface area contributed by atoms with E-state index in [2.05, 4.69) is 33.8 Å². The standard InChI is InChI=1S/C14H15N5O2S/c1-9(2)11-8-19-12(6-17-13(19)7-16-11)10-4-5-15-14(18-10)22(3,20)21/h4-9H,1-3H3. The van der Waals surface area contributed by atoms with Gasteiger partial charge in [0.1, 0.15) is 0 Å².